The molecule has 0 saturated heterocycles. The molecule has 0 aromatic heterocycles. The molecule has 2 rings (SSSR count). The van der Waals surface area contributed by atoms with E-state index in [1.165, 1.54) is 11.1 Å². The van der Waals surface area contributed by atoms with Crippen LogP contribution in [-0.2, 0) is 6.42 Å². The van der Waals surface area contributed by atoms with Crippen LogP contribution >= 0.6 is 0 Å². The van der Waals surface area contributed by atoms with Crippen LogP contribution in [-0.4, -0.2) is 10.7 Å². The molecule has 2 atom stereocenters. The van der Waals surface area contributed by atoms with Crippen LogP contribution in [0.25, 0.3) is 0 Å². The first-order chi connectivity index (χ1) is 6.10. The number of aliphatic hydroxyl groups is 1. The molecule has 1 aliphatic carbocycles. The molecule has 0 radical (unpaired) electrons. The fourth-order valence-electron chi connectivity index (χ4n) is 1.89. The Morgan fingerprint density at radius 2 is 2.23 bits per heavy atom. The second kappa shape index (κ2) is 2.85. The Hall–Kier alpha value is -0.820. The Labute approximate surface area is 79.4 Å². The molecule has 0 amide bonds. The first kappa shape index (κ1) is 8.76. The van der Waals surface area contributed by atoms with Crippen LogP contribution in [0.4, 0.5) is 0 Å². The lowest BCUT2D eigenvalue weighted by molar-refractivity contribution is 0.135. The molecule has 1 aromatic carbocycles. The highest BCUT2D eigenvalue weighted by atomic mass is 16.3. The summed E-state index contributed by atoms with van der Waals surface area (Å²) in [5.41, 5.74) is 2.13. The van der Waals surface area contributed by atoms with Crippen molar-refractivity contribution >= 4 is 0 Å². The standard InChI is InChI=1S/C12H16O/c1-9-4-3-5-11(6-9)8-12(13)7-10(12)2/h3-6,10,13H,7-8H2,1-2H3. The maximum atomic E-state index is 9.94. The van der Waals surface area contributed by atoms with Crippen molar-refractivity contribution in [3.8, 4) is 0 Å². The lowest BCUT2D eigenvalue weighted by atomic mass is 10.0. The third-order valence-corrected chi connectivity index (χ3v) is 3.01. The molecule has 1 aromatic rings. The Morgan fingerprint density at radius 1 is 1.54 bits per heavy atom. The summed E-state index contributed by atoms with van der Waals surface area (Å²) >= 11 is 0. The predicted octanol–water partition coefficient (Wildman–Crippen LogP) is 2.31. The van der Waals surface area contributed by atoms with Gasteiger partial charge < -0.3 is 5.11 Å². The normalized spacial score (nSPS) is 31.8. The fraction of sp³-hybridized carbons (Fsp3) is 0.500. The Morgan fingerprint density at radius 3 is 2.77 bits per heavy atom. The number of aryl methyl sites for hydroxylation is 1. The van der Waals surface area contributed by atoms with E-state index in [0.717, 1.165) is 12.8 Å². The molecule has 0 aliphatic heterocycles. The van der Waals surface area contributed by atoms with E-state index < -0.39 is 5.60 Å². The minimum atomic E-state index is -0.395. The van der Waals surface area contributed by atoms with E-state index in [9.17, 15) is 5.11 Å². The van der Waals surface area contributed by atoms with E-state index in [0.29, 0.717) is 5.92 Å². The summed E-state index contributed by atoms with van der Waals surface area (Å²) < 4.78 is 0. The van der Waals surface area contributed by atoms with Crippen LogP contribution in [0.2, 0.25) is 0 Å². The molecule has 1 N–H and O–H groups in total. The molecular formula is C12H16O. The Balaban J connectivity index is 2.10. The average molecular weight is 176 g/mol. The third-order valence-electron chi connectivity index (χ3n) is 3.01. The SMILES string of the molecule is Cc1cccc(CC2(O)CC2C)c1. The second-order valence-electron chi connectivity index (χ2n) is 4.37. The maximum absolute atomic E-state index is 9.94. The molecule has 1 heteroatoms. The summed E-state index contributed by atoms with van der Waals surface area (Å²) in [5.74, 6) is 0.480. The fourth-order valence-corrected chi connectivity index (χ4v) is 1.89. The van der Waals surface area contributed by atoms with Crippen molar-refractivity contribution in [2.45, 2.75) is 32.3 Å². The first-order valence-electron chi connectivity index (χ1n) is 4.88. The smallest absolute Gasteiger partial charge is 0.0718 e. The molecular weight excluding hydrogens is 160 g/mol. The van der Waals surface area contributed by atoms with Crippen molar-refractivity contribution < 1.29 is 5.11 Å². The van der Waals surface area contributed by atoms with Crippen LogP contribution in [0.3, 0.4) is 0 Å². The summed E-state index contributed by atoms with van der Waals surface area (Å²) in [6.07, 6.45) is 1.77. The Kier molecular flexibility index (Phi) is 1.92. The van der Waals surface area contributed by atoms with E-state index >= 15 is 0 Å². The van der Waals surface area contributed by atoms with Gasteiger partial charge in [-0.2, -0.15) is 0 Å². The summed E-state index contributed by atoms with van der Waals surface area (Å²) in [4.78, 5) is 0. The van der Waals surface area contributed by atoms with Crippen LogP contribution in [0, 0.1) is 12.8 Å². The molecule has 70 valence electrons. The van der Waals surface area contributed by atoms with Crippen molar-refractivity contribution in [2.75, 3.05) is 0 Å². The largest absolute Gasteiger partial charge is 0.389 e. The van der Waals surface area contributed by atoms with E-state index in [1.807, 2.05) is 0 Å². The van der Waals surface area contributed by atoms with Gasteiger partial charge in [0.05, 0.1) is 5.60 Å². The summed E-state index contributed by atoms with van der Waals surface area (Å²) in [6.45, 7) is 4.19. The molecule has 2 unspecified atom stereocenters. The van der Waals surface area contributed by atoms with Crippen LogP contribution < -0.4 is 0 Å². The van der Waals surface area contributed by atoms with Gasteiger partial charge in [0.15, 0.2) is 0 Å². The quantitative estimate of drug-likeness (QED) is 0.733. The predicted molar refractivity (Wildman–Crippen MR) is 53.6 cm³/mol. The van der Waals surface area contributed by atoms with Gasteiger partial charge in [0, 0.05) is 6.42 Å². The van der Waals surface area contributed by atoms with Crippen molar-refractivity contribution in [1.29, 1.82) is 0 Å². The van der Waals surface area contributed by atoms with Gasteiger partial charge in [-0.05, 0) is 24.8 Å². The molecule has 1 fully saturated rings. The van der Waals surface area contributed by atoms with Crippen LogP contribution in [0.1, 0.15) is 24.5 Å². The van der Waals surface area contributed by atoms with Crippen molar-refractivity contribution in [2.24, 2.45) is 5.92 Å². The van der Waals surface area contributed by atoms with Crippen molar-refractivity contribution in [1.82, 2.24) is 0 Å². The van der Waals surface area contributed by atoms with Crippen LogP contribution in [0.5, 0.6) is 0 Å². The van der Waals surface area contributed by atoms with Gasteiger partial charge in [-0.25, -0.2) is 0 Å². The first-order valence-corrected chi connectivity index (χ1v) is 4.88. The second-order valence-corrected chi connectivity index (χ2v) is 4.37. The zero-order chi connectivity index (χ0) is 9.47. The van der Waals surface area contributed by atoms with Crippen LogP contribution in [0.15, 0.2) is 24.3 Å². The molecule has 1 aliphatic rings. The number of rotatable bonds is 2. The monoisotopic (exact) mass is 176 g/mol. The van der Waals surface area contributed by atoms with Crippen molar-refractivity contribution in [3.05, 3.63) is 35.4 Å². The van der Waals surface area contributed by atoms with E-state index in [2.05, 4.69) is 38.1 Å². The topological polar surface area (TPSA) is 20.2 Å². The lowest BCUT2D eigenvalue weighted by Crippen LogP contribution is -2.13. The third kappa shape index (κ3) is 1.75. The number of benzene rings is 1. The zero-order valence-electron chi connectivity index (χ0n) is 8.25. The molecule has 1 nitrogen and oxygen atoms in total. The highest BCUT2D eigenvalue weighted by molar-refractivity contribution is 5.25. The van der Waals surface area contributed by atoms with Gasteiger partial charge in [-0.3, -0.25) is 0 Å². The van der Waals surface area contributed by atoms with Crippen molar-refractivity contribution in [3.63, 3.8) is 0 Å². The molecule has 0 heterocycles. The minimum Gasteiger partial charge on any atom is -0.389 e. The molecule has 13 heavy (non-hydrogen) atoms. The summed E-state index contributed by atoms with van der Waals surface area (Å²) in [7, 11) is 0. The lowest BCUT2D eigenvalue weighted by Gasteiger charge is -2.09. The molecule has 0 spiro atoms. The Bertz CT molecular complexity index is 319. The van der Waals surface area contributed by atoms with Gasteiger partial charge >= 0.3 is 0 Å². The molecule has 1 saturated carbocycles. The van der Waals surface area contributed by atoms with Gasteiger partial charge in [-0.15, -0.1) is 0 Å². The van der Waals surface area contributed by atoms with Gasteiger partial charge in [0.25, 0.3) is 0 Å². The van der Waals surface area contributed by atoms with Gasteiger partial charge in [-0.1, -0.05) is 36.8 Å². The van der Waals surface area contributed by atoms with Gasteiger partial charge in [0.2, 0.25) is 0 Å². The summed E-state index contributed by atoms with van der Waals surface area (Å²) in [5, 5.41) is 9.94. The average Bonchev–Trinajstić information content (AvgIpc) is 2.58. The summed E-state index contributed by atoms with van der Waals surface area (Å²) in [6, 6.07) is 8.39. The number of hydrogen-bond donors (Lipinski definition) is 1. The highest BCUT2D eigenvalue weighted by Crippen LogP contribution is 2.45. The van der Waals surface area contributed by atoms with Gasteiger partial charge in [0.1, 0.15) is 0 Å². The maximum Gasteiger partial charge on any atom is 0.0718 e. The highest BCUT2D eigenvalue weighted by Gasteiger charge is 2.49. The number of hydrogen-bond acceptors (Lipinski definition) is 1. The minimum absolute atomic E-state index is 0.395. The zero-order valence-corrected chi connectivity index (χ0v) is 8.25. The van der Waals surface area contributed by atoms with E-state index in [1.54, 1.807) is 0 Å². The molecule has 0 bridgehead atoms. The van der Waals surface area contributed by atoms with E-state index in [-0.39, 0.29) is 0 Å². The van der Waals surface area contributed by atoms with E-state index in [4.69, 9.17) is 0 Å².